The third-order valence-electron chi connectivity index (χ3n) is 14.1. The number of amides is 1. The Bertz CT molecular complexity index is 2560. The lowest BCUT2D eigenvalue weighted by atomic mass is 9.55. The molecule has 1 saturated carbocycles. The lowest BCUT2D eigenvalue weighted by Crippen LogP contribution is -2.70. The Morgan fingerprint density at radius 1 is 0.929 bits per heavy atom. The SMILES string of the molecule is C=CCO[C@@]12Oc3ccc(OCCN4CC4)cc3[C@H]3[C@H](CCCCO)[C@@H](CCCCO)C=C(C(=NOCc4ccccc4)C[C@@H]1N(Cc1ccc4c(c1)OCO4)C(=O)C=Cc1ccc([N+](=O)[O-])cc1)[C@H]32. The van der Waals surface area contributed by atoms with Crippen LogP contribution in [0.2, 0.25) is 0 Å². The minimum atomic E-state index is -1.52. The summed E-state index contributed by atoms with van der Waals surface area (Å²) in [6.07, 6.45) is 11.8. The maximum absolute atomic E-state index is 15.3. The van der Waals surface area contributed by atoms with Crippen LogP contribution in [0.25, 0.3) is 6.08 Å². The fraction of sp³-hybridized carbons (Fsp3) is 0.418. The van der Waals surface area contributed by atoms with Gasteiger partial charge in [0.05, 0.1) is 23.2 Å². The highest BCUT2D eigenvalue weighted by Gasteiger charge is 2.65. The van der Waals surface area contributed by atoms with Crippen molar-refractivity contribution in [2.45, 2.75) is 75.8 Å². The highest BCUT2D eigenvalue weighted by Crippen LogP contribution is 2.62. The molecule has 3 heterocycles. The van der Waals surface area contributed by atoms with Gasteiger partial charge in [0.25, 0.3) is 5.69 Å². The zero-order valence-electron chi connectivity index (χ0n) is 39.4. The molecule has 2 aliphatic carbocycles. The van der Waals surface area contributed by atoms with Gasteiger partial charge in [-0.1, -0.05) is 66.5 Å². The quantitative estimate of drug-likeness (QED) is 0.0171. The second kappa shape index (κ2) is 22.5. The predicted octanol–water partition coefficient (Wildman–Crippen LogP) is 8.59. The second-order valence-corrected chi connectivity index (χ2v) is 18.6. The largest absolute Gasteiger partial charge is 0.492 e. The van der Waals surface area contributed by atoms with Crippen molar-refractivity contribution in [1.29, 1.82) is 0 Å². The second-order valence-electron chi connectivity index (χ2n) is 18.6. The Balaban J connectivity index is 1.22. The first-order chi connectivity index (χ1) is 34.3. The maximum atomic E-state index is 15.3. The molecule has 2 N–H and O–H groups in total. The van der Waals surface area contributed by atoms with Crippen molar-refractivity contribution in [2.24, 2.45) is 22.9 Å². The van der Waals surface area contributed by atoms with Crippen LogP contribution in [-0.4, -0.2) is 101 Å². The van der Waals surface area contributed by atoms with Crippen LogP contribution in [0.3, 0.4) is 0 Å². The van der Waals surface area contributed by atoms with Gasteiger partial charge >= 0.3 is 0 Å². The number of oxime groups is 1. The number of nitro benzene ring substituents is 1. The van der Waals surface area contributed by atoms with Crippen molar-refractivity contribution in [3.8, 4) is 23.0 Å². The molecule has 0 unspecified atom stereocenters. The van der Waals surface area contributed by atoms with E-state index in [0.717, 1.165) is 73.3 Å². The van der Waals surface area contributed by atoms with Crippen molar-refractivity contribution < 1.29 is 48.5 Å². The molecule has 9 rings (SSSR count). The van der Waals surface area contributed by atoms with Crippen molar-refractivity contribution in [2.75, 3.05) is 52.9 Å². The number of carbonyl (C=O) groups is 1. The minimum Gasteiger partial charge on any atom is -0.492 e. The summed E-state index contributed by atoms with van der Waals surface area (Å²) in [5, 5.41) is 36.6. The van der Waals surface area contributed by atoms with E-state index in [1.54, 1.807) is 29.2 Å². The van der Waals surface area contributed by atoms with Crippen LogP contribution in [0.15, 0.2) is 127 Å². The first-order valence-electron chi connectivity index (χ1n) is 24.5. The normalized spacial score (nSPS) is 23.5. The van der Waals surface area contributed by atoms with Gasteiger partial charge in [0.15, 0.2) is 11.5 Å². The van der Waals surface area contributed by atoms with Crippen LogP contribution < -0.4 is 18.9 Å². The monoisotopic (exact) mass is 954 g/mol. The van der Waals surface area contributed by atoms with Crippen LogP contribution in [0, 0.1) is 27.9 Å². The molecule has 0 aromatic heterocycles. The number of rotatable bonds is 24. The summed E-state index contributed by atoms with van der Waals surface area (Å²) in [5.74, 6) is -0.0805. The fourth-order valence-electron chi connectivity index (χ4n) is 10.6. The van der Waals surface area contributed by atoms with Crippen LogP contribution in [-0.2, 0) is 27.5 Å². The third kappa shape index (κ3) is 10.9. The molecule has 6 atom stereocenters. The highest BCUT2D eigenvalue weighted by atomic mass is 16.7. The molecule has 0 radical (unpaired) electrons. The van der Waals surface area contributed by atoms with E-state index >= 15 is 4.79 Å². The molecule has 4 aromatic rings. The summed E-state index contributed by atoms with van der Waals surface area (Å²) < 4.78 is 32.6. The smallest absolute Gasteiger partial charge is 0.269 e. The van der Waals surface area contributed by atoms with E-state index in [1.165, 1.54) is 18.2 Å². The Kier molecular flexibility index (Phi) is 15.6. The molecule has 1 saturated heterocycles. The first-order valence-corrected chi connectivity index (χ1v) is 24.5. The van der Waals surface area contributed by atoms with Crippen molar-refractivity contribution in [3.63, 3.8) is 0 Å². The van der Waals surface area contributed by atoms with Crippen molar-refractivity contribution in [1.82, 2.24) is 9.80 Å². The summed E-state index contributed by atoms with van der Waals surface area (Å²) >= 11 is 0. The Morgan fingerprint density at radius 2 is 1.70 bits per heavy atom. The van der Waals surface area contributed by atoms with Gasteiger partial charge in [0, 0.05) is 75.5 Å². The molecule has 3 aliphatic heterocycles. The molecule has 4 aromatic carbocycles. The molecule has 1 amide bonds. The Morgan fingerprint density at radius 3 is 2.46 bits per heavy atom. The van der Waals surface area contributed by atoms with E-state index in [4.69, 9.17) is 33.7 Å². The van der Waals surface area contributed by atoms with E-state index in [9.17, 15) is 20.3 Å². The summed E-state index contributed by atoms with van der Waals surface area (Å²) in [6.45, 7) is 8.24. The number of non-ortho nitro benzene ring substituents is 1. The van der Waals surface area contributed by atoms with Gasteiger partial charge in [-0.3, -0.25) is 19.8 Å². The lowest BCUT2D eigenvalue weighted by molar-refractivity contribution is -0.384. The van der Waals surface area contributed by atoms with Crippen LogP contribution in [0.4, 0.5) is 5.69 Å². The topological polar surface area (TPSA) is 175 Å². The number of benzene rings is 4. The minimum absolute atomic E-state index is 0.0199. The number of nitro groups is 1. The summed E-state index contributed by atoms with van der Waals surface area (Å²) in [5.41, 5.74) is 4.81. The number of carbonyl (C=O) groups excluding carboxylic acids is 1. The first kappa shape index (κ1) is 48.5. The number of hydrogen-bond donors (Lipinski definition) is 2. The average molecular weight is 955 g/mol. The zero-order valence-corrected chi connectivity index (χ0v) is 39.4. The number of aliphatic hydroxyl groups is 2. The molecule has 2 fully saturated rings. The van der Waals surface area contributed by atoms with E-state index in [1.807, 2.05) is 60.7 Å². The Hall–Kier alpha value is -6.52. The number of allylic oxidation sites excluding steroid dienone is 1. The number of aliphatic hydroxyl groups excluding tert-OH is 2. The highest BCUT2D eigenvalue weighted by molar-refractivity contribution is 6.03. The summed E-state index contributed by atoms with van der Waals surface area (Å²) in [7, 11) is 0. The van der Waals surface area contributed by atoms with Gasteiger partial charge in [-0.15, -0.1) is 6.58 Å². The maximum Gasteiger partial charge on any atom is 0.269 e. The average Bonchev–Trinajstić information content (AvgIpc) is 4.09. The summed E-state index contributed by atoms with van der Waals surface area (Å²) in [4.78, 5) is 36.8. The summed E-state index contributed by atoms with van der Waals surface area (Å²) in [6, 6.07) is 26.7. The lowest BCUT2D eigenvalue weighted by Gasteiger charge is -2.60. The molecule has 70 heavy (non-hydrogen) atoms. The number of nitrogens with zero attached hydrogens (tertiary/aromatic N) is 4. The van der Waals surface area contributed by atoms with Crippen molar-refractivity contribution >= 4 is 23.4 Å². The van der Waals surface area contributed by atoms with E-state index in [-0.39, 0.29) is 75.5 Å². The van der Waals surface area contributed by atoms with Crippen LogP contribution in [0.5, 0.6) is 23.0 Å². The van der Waals surface area contributed by atoms with Gasteiger partial charge in [-0.05, 0) is 108 Å². The van der Waals surface area contributed by atoms with Crippen LogP contribution in [0.1, 0.15) is 73.1 Å². The number of unbranched alkanes of at least 4 members (excludes halogenated alkanes) is 2. The number of ether oxygens (including phenoxy) is 5. The van der Waals surface area contributed by atoms with Crippen molar-refractivity contribution in [3.05, 3.63) is 154 Å². The molecule has 5 aliphatic rings. The van der Waals surface area contributed by atoms with Gasteiger partial charge in [0.1, 0.15) is 30.8 Å². The molecule has 0 spiro atoms. The molecule has 0 bridgehead atoms. The molecular formula is C55H62N4O11. The van der Waals surface area contributed by atoms with E-state index in [2.05, 4.69) is 23.6 Å². The van der Waals surface area contributed by atoms with Gasteiger partial charge < -0.3 is 43.6 Å². The molecule has 15 nitrogen and oxygen atoms in total. The standard InChI is InChI=1S/C55H62N4O11/c1-2-29-68-55-51(58(35-40-16-21-49-50(31-40)67-37-66-49)52(62)23-17-38-14-18-42(19-15-38)59(63)64)34-47(56-69-36-39-10-4-3-5-11-39)45-32-41(12-6-8-27-60)44(13-7-9-28-61)53(54(45)55)46-33-43(20-22-48(46)70-55)65-30-26-57-24-25-57/h2-5,10-11,14-23,31-33,41,44,51,53-54,60-61H,1,6-9,12-13,24-30,34-37H2/t41-,44+,51-,53+,54+,55+/m0/s1. The number of fused-ring (bicyclic) bond motifs is 3. The Labute approximate surface area is 408 Å². The van der Waals surface area contributed by atoms with Gasteiger partial charge in [-0.2, -0.15) is 0 Å². The zero-order chi connectivity index (χ0) is 48.5. The third-order valence-corrected chi connectivity index (χ3v) is 14.1. The molecular weight excluding hydrogens is 893 g/mol. The van der Waals surface area contributed by atoms with Crippen LogP contribution >= 0.6 is 0 Å². The van der Waals surface area contributed by atoms with E-state index < -0.39 is 22.7 Å². The molecule has 368 valence electrons. The fourth-order valence-corrected chi connectivity index (χ4v) is 10.6. The predicted molar refractivity (Wildman–Crippen MR) is 263 cm³/mol. The van der Waals surface area contributed by atoms with Gasteiger partial charge in [0.2, 0.25) is 18.5 Å². The van der Waals surface area contributed by atoms with E-state index in [0.29, 0.717) is 48.0 Å². The van der Waals surface area contributed by atoms with Gasteiger partial charge in [-0.25, -0.2) is 0 Å². The molecule has 15 heteroatoms. The number of hydrogen-bond acceptors (Lipinski definition) is 13.